The summed E-state index contributed by atoms with van der Waals surface area (Å²) in [7, 11) is 1.67. The van der Waals surface area contributed by atoms with Crippen LogP contribution in [-0.4, -0.2) is 30.3 Å². The maximum Gasteiger partial charge on any atom is 0.235 e. The number of thioether (sulfide) groups is 1. The zero-order chi connectivity index (χ0) is 29.5. The number of unbranched alkanes of at least 4 members (excludes halogenated alkanes) is 2. The van der Waals surface area contributed by atoms with Crippen molar-refractivity contribution < 1.29 is 9.53 Å². The Balaban J connectivity index is 1.11. The maximum absolute atomic E-state index is 14.3. The highest BCUT2D eigenvalue weighted by Crippen LogP contribution is 2.51. The first kappa shape index (κ1) is 29.2. The number of carbonyl (C=O) groups excluding carboxylic acids is 1. The summed E-state index contributed by atoms with van der Waals surface area (Å²) in [6.07, 6.45) is 4.69. The van der Waals surface area contributed by atoms with Gasteiger partial charge in [0.15, 0.2) is 4.34 Å². The number of benzene rings is 4. The van der Waals surface area contributed by atoms with E-state index in [1.54, 1.807) is 18.4 Å². The first-order valence-electron chi connectivity index (χ1n) is 14.9. The molecular weight excluding hydrogens is 569 g/mol. The fourth-order valence-corrected chi connectivity index (χ4v) is 8.01. The van der Waals surface area contributed by atoms with E-state index in [9.17, 15) is 4.79 Å². The van der Waals surface area contributed by atoms with E-state index < -0.39 is 5.41 Å². The molecule has 6 heteroatoms. The van der Waals surface area contributed by atoms with Gasteiger partial charge in [0.2, 0.25) is 5.91 Å². The molecule has 43 heavy (non-hydrogen) atoms. The fourth-order valence-electron chi connectivity index (χ4n) is 6.11. The third-order valence-corrected chi connectivity index (χ3v) is 10.4. The summed E-state index contributed by atoms with van der Waals surface area (Å²) in [6, 6.07) is 35.3. The number of hydrogen-bond donors (Lipinski definition) is 1. The van der Waals surface area contributed by atoms with Crippen LogP contribution in [0.2, 0.25) is 0 Å². The van der Waals surface area contributed by atoms with Crippen LogP contribution < -0.4 is 10.1 Å². The molecule has 0 spiro atoms. The topological polar surface area (TPSA) is 51.2 Å². The van der Waals surface area contributed by atoms with Gasteiger partial charge in [0.25, 0.3) is 0 Å². The normalized spacial score (nSPS) is 12.9. The second-order valence-electron chi connectivity index (χ2n) is 10.9. The second kappa shape index (κ2) is 13.6. The van der Waals surface area contributed by atoms with E-state index in [0.29, 0.717) is 6.54 Å². The number of hydrogen-bond acceptors (Lipinski definition) is 5. The van der Waals surface area contributed by atoms with Crippen molar-refractivity contribution in [1.29, 1.82) is 0 Å². The van der Waals surface area contributed by atoms with Crippen LogP contribution in [0.25, 0.3) is 22.4 Å². The number of nitrogens with one attached hydrogen (secondary N) is 1. The van der Waals surface area contributed by atoms with Crippen LogP contribution in [-0.2, 0) is 16.6 Å². The minimum atomic E-state index is -0.680. The molecule has 1 aromatic heterocycles. The average Bonchev–Trinajstić information content (AvgIpc) is 3.65. The number of nitrogens with zero attached hydrogens (tertiary/aromatic N) is 1. The number of ether oxygens (including phenoxy) is 1. The molecule has 4 nitrogen and oxygen atoms in total. The van der Waals surface area contributed by atoms with E-state index in [1.165, 1.54) is 16.7 Å². The third kappa shape index (κ3) is 6.27. The summed E-state index contributed by atoms with van der Waals surface area (Å²) in [4.78, 5) is 19.1. The first-order chi connectivity index (χ1) is 21.2. The van der Waals surface area contributed by atoms with Crippen LogP contribution >= 0.6 is 23.1 Å². The van der Waals surface area contributed by atoms with Crippen molar-refractivity contribution in [1.82, 2.24) is 10.3 Å². The Morgan fingerprint density at radius 1 is 0.837 bits per heavy atom. The molecule has 0 saturated heterocycles. The highest BCUT2D eigenvalue weighted by molar-refractivity contribution is 8.01. The lowest BCUT2D eigenvalue weighted by atomic mass is 9.73. The summed E-state index contributed by atoms with van der Waals surface area (Å²) in [6.45, 7) is 0.590. The Morgan fingerprint density at radius 2 is 1.51 bits per heavy atom. The molecule has 5 aromatic rings. The average molecular weight is 605 g/mol. The summed E-state index contributed by atoms with van der Waals surface area (Å²) < 4.78 is 6.40. The van der Waals surface area contributed by atoms with Gasteiger partial charge >= 0.3 is 0 Å². The van der Waals surface area contributed by atoms with E-state index in [2.05, 4.69) is 95.6 Å². The number of methoxy groups -OCH3 is 1. The third-order valence-electron chi connectivity index (χ3n) is 8.28. The molecule has 0 fully saturated rings. The Hall–Kier alpha value is -3.87. The second-order valence-corrected chi connectivity index (χ2v) is 13.1. The van der Waals surface area contributed by atoms with Gasteiger partial charge in [-0.05, 0) is 59.2 Å². The van der Waals surface area contributed by atoms with Gasteiger partial charge in [0, 0.05) is 23.2 Å². The van der Waals surface area contributed by atoms with Crippen LogP contribution in [0.4, 0.5) is 0 Å². The predicted octanol–water partition coefficient (Wildman–Crippen LogP) is 8.80. The number of rotatable bonds is 13. The Morgan fingerprint density at radius 3 is 2.21 bits per heavy atom. The molecule has 6 rings (SSSR count). The SMILES string of the molecule is COc1ccc(CCNC(=O)C2(CCCCCSc3nc(-c4ccccc4)cs3)c3ccccc3-c3ccccc32)cc1. The number of carbonyl (C=O) groups is 1. The smallest absolute Gasteiger partial charge is 0.235 e. The van der Waals surface area contributed by atoms with Crippen molar-refractivity contribution in [3.63, 3.8) is 0 Å². The molecule has 218 valence electrons. The summed E-state index contributed by atoms with van der Waals surface area (Å²) in [5, 5.41) is 5.48. The molecule has 1 aliphatic carbocycles. The molecule has 1 aliphatic rings. The molecule has 1 heterocycles. The maximum atomic E-state index is 14.3. The highest BCUT2D eigenvalue weighted by Gasteiger charge is 2.48. The molecule has 1 amide bonds. The van der Waals surface area contributed by atoms with Gasteiger partial charge in [-0.1, -0.05) is 116 Å². The molecule has 0 aliphatic heterocycles. The van der Waals surface area contributed by atoms with E-state index in [-0.39, 0.29) is 5.91 Å². The van der Waals surface area contributed by atoms with Crippen molar-refractivity contribution in [2.24, 2.45) is 0 Å². The standard InChI is InChI=1S/C37H36N2O2S2/c1-41-29-20-18-27(19-21-29)22-24-38-35(40)37(32-16-8-6-14-30(32)31-15-7-9-17-33(31)37)23-10-3-11-25-42-36-39-34(26-43-36)28-12-4-2-5-13-28/h2,4-9,12-21,26H,3,10-11,22-25H2,1H3,(H,38,40). The van der Waals surface area contributed by atoms with Gasteiger partial charge in [0.1, 0.15) is 11.2 Å². The summed E-state index contributed by atoms with van der Waals surface area (Å²) >= 11 is 3.55. The van der Waals surface area contributed by atoms with Crippen LogP contribution in [0.5, 0.6) is 5.75 Å². The summed E-state index contributed by atoms with van der Waals surface area (Å²) in [5.41, 5.74) is 7.32. The van der Waals surface area contributed by atoms with Gasteiger partial charge in [-0.2, -0.15) is 0 Å². The lowest BCUT2D eigenvalue weighted by molar-refractivity contribution is -0.125. The molecule has 1 N–H and O–H groups in total. The van der Waals surface area contributed by atoms with Crippen molar-refractivity contribution in [2.45, 2.75) is 41.9 Å². The van der Waals surface area contributed by atoms with Crippen LogP contribution in [0, 0.1) is 0 Å². The quantitative estimate of drug-likeness (QED) is 0.108. The van der Waals surface area contributed by atoms with E-state index in [0.717, 1.165) is 70.3 Å². The van der Waals surface area contributed by atoms with E-state index in [4.69, 9.17) is 9.72 Å². The molecule has 0 atom stereocenters. The van der Waals surface area contributed by atoms with E-state index in [1.807, 2.05) is 30.0 Å². The van der Waals surface area contributed by atoms with Crippen molar-refractivity contribution >= 4 is 29.0 Å². The minimum Gasteiger partial charge on any atom is -0.497 e. The molecule has 0 unspecified atom stereocenters. The van der Waals surface area contributed by atoms with E-state index >= 15 is 0 Å². The molecule has 0 bridgehead atoms. The monoisotopic (exact) mass is 604 g/mol. The first-order valence-corrected chi connectivity index (χ1v) is 16.8. The Bertz CT molecular complexity index is 1620. The lowest BCUT2D eigenvalue weighted by Gasteiger charge is -2.31. The van der Waals surface area contributed by atoms with Gasteiger partial charge in [-0.25, -0.2) is 4.98 Å². The van der Waals surface area contributed by atoms with Gasteiger partial charge in [-0.3, -0.25) is 4.79 Å². The molecule has 0 radical (unpaired) electrons. The Kier molecular flexibility index (Phi) is 9.25. The zero-order valence-electron chi connectivity index (χ0n) is 24.4. The van der Waals surface area contributed by atoms with Gasteiger partial charge in [-0.15, -0.1) is 11.3 Å². The van der Waals surface area contributed by atoms with Crippen molar-refractivity contribution in [3.05, 3.63) is 125 Å². The van der Waals surface area contributed by atoms with Crippen molar-refractivity contribution in [2.75, 3.05) is 19.4 Å². The number of aromatic nitrogens is 1. The largest absolute Gasteiger partial charge is 0.497 e. The highest BCUT2D eigenvalue weighted by atomic mass is 32.2. The predicted molar refractivity (Wildman–Crippen MR) is 179 cm³/mol. The fraction of sp³-hybridized carbons (Fsp3) is 0.243. The zero-order valence-corrected chi connectivity index (χ0v) is 26.1. The molecule has 4 aromatic carbocycles. The van der Waals surface area contributed by atoms with Crippen LogP contribution in [0.15, 0.2) is 113 Å². The van der Waals surface area contributed by atoms with Crippen molar-refractivity contribution in [3.8, 4) is 28.1 Å². The number of amides is 1. The molecule has 0 saturated carbocycles. The van der Waals surface area contributed by atoms with Crippen LogP contribution in [0.1, 0.15) is 42.4 Å². The number of fused-ring (bicyclic) bond motifs is 3. The summed E-state index contributed by atoms with van der Waals surface area (Å²) in [5.74, 6) is 1.97. The molecular formula is C37H36N2O2S2. The lowest BCUT2D eigenvalue weighted by Crippen LogP contribution is -2.45. The minimum absolute atomic E-state index is 0.101. The van der Waals surface area contributed by atoms with Gasteiger partial charge in [0.05, 0.1) is 12.8 Å². The van der Waals surface area contributed by atoms with Crippen LogP contribution in [0.3, 0.4) is 0 Å². The Labute approximate surface area is 262 Å². The number of thiazole rings is 1. The van der Waals surface area contributed by atoms with Gasteiger partial charge < -0.3 is 10.1 Å².